The second-order valence-corrected chi connectivity index (χ2v) is 7.45. The zero-order chi connectivity index (χ0) is 12.4. The Morgan fingerprint density at radius 3 is 1.87 bits per heavy atom. The summed E-state index contributed by atoms with van der Waals surface area (Å²) >= 11 is 0. The number of nitrogens with zero attached hydrogens (tertiary/aromatic N) is 1. The lowest BCUT2D eigenvalue weighted by Gasteiger charge is -2.21. The van der Waals surface area contributed by atoms with E-state index >= 15 is 0 Å². The van der Waals surface area contributed by atoms with Gasteiger partial charge in [-0.3, -0.25) is 4.79 Å². The number of sulfone groups is 1. The molecule has 15 heavy (non-hydrogen) atoms. The predicted molar refractivity (Wildman–Crippen MR) is 53.7 cm³/mol. The van der Waals surface area contributed by atoms with Gasteiger partial charge in [0.05, 0.1) is 12.0 Å². The Balaban J connectivity index is 5.10. The molecule has 0 aliphatic heterocycles. The number of carbonyl (C=O) groups is 1. The fraction of sp³-hybridized carbons (Fsp3) is 0.833. The van der Waals surface area contributed by atoms with E-state index in [0.717, 1.165) is 19.6 Å². The summed E-state index contributed by atoms with van der Waals surface area (Å²) in [6.07, 6.45) is 1.66. The zero-order valence-corrected chi connectivity index (χ0v) is 10.2. The second-order valence-electron chi connectivity index (χ2n) is 3.23. The molecule has 0 aliphatic rings. The molecule has 0 saturated heterocycles. The highest BCUT2D eigenvalue weighted by Gasteiger charge is 2.31. The van der Waals surface area contributed by atoms with Crippen molar-refractivity contribution in [3.63, 3.8) is 0 Å². The molecule has 0 saturated carbocycles. The van der Waals surface area contributed by atoms with E-state index in [1.165, 1.54) is 0 Å². The highest BCUT2D eigenvalue weighted by atomic mass is 32.2. The fourth-order valence-electron chi connectivity index (χ4n) is 0.850. The minimum Gasteiger partial charge on any atom is -0.480 e. The van der Waals surface area contributed by atoms with Gasteiger partial charge in [-0.15, -0.1) is 0 Å². The van der Waals surface area contributed by atoms with Crippen LogP contribution >= 0.6 is 0 Å². The van der Waals surface area contributed by atoms with Crippen molar-refractivity contribution in [2.24, 2.45) is 0 Å². The van der Waals surface area contributed by atoms with Crippen LogP contribution in [0.15, 0.2) is 0 Å². The van der Waals surface area contributed by atoms with Crippen LogP contribution in [-0.2, 0) is 24.7 Å². The Morgan fingerprint density at radius 1 is 1.27 bits per heavy atom. The van der Waals surface area contributed by atoms with Crippen molar-refractivity contribution in [3.8, 4) is 0 Å². The van der Waals surface area contributed by atoms with Gasteiger partial charge in [0.15, 0.2) is 0 Å². The molecule has 0 aliphatic carbocycles. The van der Waals surface area contributed by atoms with Gasteiger partial charge < -0.3 is 5.11 Å². The maximum absolute atomic E-state index is 11.0. The number of hydrogen-bond donors (Lipinski definition) is 1. The first kappa shape index (κ1) is 14.3. The number of likely N-dealkylation sites (N-methyl/N-ethyl adjacent to an activating group) is 1. The summed E-state index contributed by atoms with van der Waals surface area (Å²) in [6, 6.07) is -1.59. The van der Waals surface area contributed by atoms with E-state index in [1.54, 1.807) is 0 Å². The topological polar surface area (TPSA) is 109 Å². The summed E-state index contributed by atoms with van der Waals surface area (Å²) in [5.41, 5.74) is 0. The lowest BCUT2D eigenvalue weighted by Crippen LogP contribution is -2.45. The molecule has 0 spiro atoms. The molecule has 7 nitrogen and oxygen atoms in total. The van der Waals surface area contributed by atoms with Crippen LogP contribution in [0.3, 0.4) is 0 Å². The Morgan fingerprint density at radius 2 is 1.67 bits per heavy atom. The molecule has 0 bridgehead atoms. The molecular weight excluding hydrogens is 246 g/mol. The first-order chi connectivity index (χ1) is 6.45. The Hall–Kier alpha value is -0.670. The van der Waals surface area contributed by atoms with Crippen LogP contribution in [0, 0.1) is 0 Å². The van der Waals surface area contributed by atoms with E-state index in [-0.39, 0.29) is 0 Å². The molecule has 0 rings (SSSR count). The van der Waals surface area contributed by atoms with Gasteiger partial charge in [-0.1, -0.05) is 0 Å². The summed E-state index contributed by atoms with van der Waals surface area (Å²) in [7, 11) is -6.26. The number of rotatable bonds is 5. The molecule has 9 heteroatoms. The van der Waals surface area contributed by atoms with Gasteiger partial charge in [0.25, 0.3) is 0 Å². The number of hydrogen-bond acceptors (Lipinski definition) is 5. The van der Waals surface area contributed by atoms with Gasteiger partial charge in [-0.05, 0) is 0 Å². The second kappa shape index (κ2) is 4.45. The molecular formula is C6H13NO6S2. The SMILES string of the molecule is CN(C(CS(C)(=O)=O)C(=O)O)S(C)(=O)=O. The molecule has 0 aromatic heterocycles. The maximum atomic E-state index is 11.0. The molecule has 1 unspecified atom stereocenters. The number of carboxylic acids is 1. The summed E-state index contributed by atoms with van der Waals surface area (Å²) in [5, 5.41) is 8.70. The zero-order valence-electron chi connectivity index (χ0n) is 8.54. The summed E-state index contributed by atoms with van der Waals surface area (Å²) < 4.78 is 44.4. The quantitative estimate of drug-likeness (QED) is 0.635. The number of carboxylic acid groups (broad SMARTS) is 1. The lowest BCUT2D eigenvalue weighted by molar-refractivity contribution is -0.140. The van der Waals surface area contributed by atoms with E-state index < -0.39 is 37.6 Å². The van der Waals surface area contributed by atoms with Crippen LogP contribution in [0.25, 0.3) is 0 Å². The van der Waals surface area contributed by atoms with Crippen molar-refractivity contribution in [2.45, 2.75) is 6.04 Å². The third-order valence-electron chi connectivity index (χ3n) is 1.71. The van der Waals surface area contributed by atoms with Gasteiger partial charge in [0.1, 0.15) is 15.9 Å². The summed E-state index contributed by atoms with van der Waals surface area (Å²) in [5.74, 6) is -2.24. The summed E-state index contributed by atoms with van der Waals surface area (Å²) in [6.45, 7) is 0. The van der Waals surface area contributed by atoms with Crippen LogP contribution < -0.4 is 0 Å². The Labute approximate surface area is 88.7 Å². The van der Waals surface area contributed by atoms with Crippen LogP contribution in [0.1, 0.15) is 0 Å². The monoisotopic (exact) mass is 259 g/mol. The van der Waals surface area contributed by atoms with E-state index in [4.69, 9.17) is 5.11 Å². The highest BCUT2D eigenvalue weighted by molar-refractivity contribution is 7.91. The molecule has 0 fully saturated rings. The van der Waals surface area contributed by atoms with Crippen molar-refractivity contribution >= 4 is 25.8 Å². The average molecular weight is 259 g/mol. The standard InChI is InChI=1S/C6H13NO6S2/c1-7(15(3,12)13)5(6(8)9)4-14(2,10)11/h5H,4H2,1-3H3,(H,8,9). The minimum atomic E-state index is -3.73. The van der Waals surface area contributed by atoms with Crippen molar-refractivity contribution in [1.82, 2.24) is 4.31 Å². The van der Waals surface area contributed by atoms with E-state index in [0.29, 0.717) is 4.31 Å². The van der Waals surface area contributed by atoms with E-state index in [2.05, 4.69) is 0 Å². The lowest BCUT2D eigenvalue weighted by atomic mass is 10.3. The number of sulfonamides is 1. The molecule has 90 valence electrons. The molecule has 0 aromatic rings. The Kier molecular flexibility index (Phi) is 4.26. The predicted octanol–water partition coefficient (Wildman–Crippen LogP) is -1.62. The van der Waals surface area contributed by atoms with Crippen molar-refractivity contribution in [1.29, 1.82) is 0 Å². The maximum Gasteiger partial charge on any atom is 0.323 e. The van der Waals surface area contributed by atoms with Gasteiger partial charge in [0, 0.05) is 13.3 Å². The molecule has 0 radical (unpaired) electrons. The van der Waals surface area contributed by atoms with Gasteiger partial charge in [-0.2, -0.15) is 4.31 Å². The average Bonchev–Trinajstić information content (AvgIpc) is 1.94. The first-order valence-corrected chi connectivity index (χ1v) is 7.69. The minimum absolute atomic E-state index is 0.524. The van der Waals surface area contributed by atoms with Gasteiger partial charge in [-0.25, -0.2) is 16.8 Å². The smallest absolute Gasteiger partial charge is 0.323 e. The Bertz CT molecular complexity index is 436. The molecule has 0 heterocycles. The summed E-state index contributed by atoms with van der Waals surface area (Å²) in [4.78, 5) is 10.7. The fourth-order valence-corrected chi connectivity index (χ4v) is 2.51. The van der Waals surface area contributed by atoms with E-state index in [9.17, 15) is 21.6 Å². The van der Waals surface area contributed by atoms with Crippen molar-refractivity contribution in [3.05, 3.63) is 0 Å². The molecule has 0 aromatic carbocycles. The normalized spacial score (nSPS) is 15.2. The third-order valence-corrected chi connectivity index (χ3v) is 3.93. The first-order valence-electron chi connectivity index (χ1n) is 3.78. The van der Waals surface area contributed by atoms with Gasteiger partial charge in [0.2, 0.25) is 10.0 Å². The van der Waals surface area contributed by atoms with E-state index in [1.807, 2.05) is 0 Å². The highest BCUT2D eigenvalue weighted by Crippen LogP contribution is 2.05. The van der Waals surface area contributed by atoms with Crippen LogP contribution in [0.5, 0.6) is 0 Å². The molecule has 1 atom stereocenters. The molecule has 0 amide bonds. The van der Waals surface area contributed by atoms with Crippen molar-refractivity contribution < 1.29 is 26.7 Å². The van der Waals surface area contributed by atoms with Crippen LogP contribution in [-0.4, -0.2) is 63.6 Å². The van der Waals surface area contributed by atoms with Crippen LogP contribution in [0.4, 0.5) is 0 Å². The third kappa shape index (κ3) is 5.09. The van der Waals surface area contributed by atoms with Crippen molar-refractivity contribution in [2.75, 3.05) is 25.3 Å². The van der Waals surface area contributed by atoms with Crippen LogP contribution in [0.2, 0.25) is 0 Å². The van der Waals surface area contributed by atoms with Gasteiger partial charge >= 0.3 is 5.97 Å². The largest absolute Gasteiger partial charge is 0.480 e. The number of aliphatic carboxylic acids is 1. The molecule has 1 N–H and O–H groups in total.